The van der Waals surface area contributed by atoms with Crippen LogP contribution >= 0.6 is 22.9 Å². The lowest BCUT2D eigenvalue weighted by Gasteiger charge is -2.03. The molecule has 0 atom stereocenters. The lowest BCUT2D eigenvalue weighted by molar-refractivity contribution is -0.118. The number of sulfone groups is 1. The summed E-state index contributed by atoms with van der Waals surface area (Å²) in [6, 6.07) is 13.8. The number of benzene rings is 2. The average Bonchev–Trinajstić information content (AvgIpc) is 2.91. The van der Waals surface area contributed by atoms with E-state index < -0.39 is 9.84 Å². The van der Waals surface area contributed by atoms with Crippen molar-refractivity contribution in [3.63, 3.8) is 0 Å². The van der Waals surface area contributed by atoms with E-state index in [2.05, 4.69) is 4.99 Å². The average molecular weight is 409 g/mol. The van der Waals surface area contributed by atoms with Crippen molar-refractivity contribution in [3.05, 3.63) is 58.4 Å². The molecule has 0 aliphatic carbocycles. The number of thiazole rings is 1. The molecule has 0 spiro atoms. The third-order valence-electron chi connectivity index (χ3n) is 3.91. The van der Waals surface area contributed by atoms with E-state index in [9.17, 15) is 13.2 Å². The van der Waals surface area contributed by atoms with Crippen molar-refractivity contribution < 1.29 is 13.2 Å². The summed E-state index contributed by atoms with van der Waals surface area (Å²) in [4.78, 5) is 17.1. The lowest BCUT2D eigenvalue weighted by atomic mass is 10.3. The van der Waals surface area contributed by atoms with Crippen LogP contribution in [0.3, 0.4) is 0 Å². The van der Waals surface area contributed by atoms with Crippen molar-refractivity contribution in [2.45, 2.75) is 17.7 Å². The number of rotatable bonds is 5. The molecular weight excluding hydrogens is 392 g/mol. The molecule has 0 aliphatic rings. The number of aryl methyl sites for hydroxylation is 1. The van der Waals surface area contributed by atoms with Crippen molar-refractivity contribution in [1.29, 1.82) is 0 Å². The van der Waals surface area contributed by atoms with Gasteiger partial charge >= 0.3 is 0 Å². The van der Waals surface area contributed by atoms with Crippen LogP contribution in [0.5, 0.6) is 0 Å². The number of carbonyl (C=O) groups excluding carboxylic acids is 1. The second kappa shape index (κ2) is 7.73. The Labute approximate surface area is 160 Å². The van der Waals surface area contributed by atoms with Gasteiger partial charge in [-0.3, -0.25) is 4.79 Å². The predicted molar refractivity (Wildman–Crippen MR) is 104 cm³/mol. The molecule has 0 saturated carbocycles. The number of aromatic nitrogens is 1. The zero-order valence-electron chi connectivity index (χ0n) is 14.1. The third kappa shape index (κ3) is 4.23. The molecule has 1 heterocycles. The summed E-state index contributed by atoms with van der Waals surface area (Å²) in [5.41, 5.74) is 1.01. The zero-order valence-corrected chi connectivity index (χ0v) is 16.4. The Kier molecular flexibility index (Phi) is 5.60. The van der Waals surface area contributed by atoms with E-state index in [-0.39, 0.29) is 29.4 Å². The van der Waals surface area contributed by atoms with Crippen LogP contribution in [0.25, 0.3) is 10.2 Å². The van der Waals surface area contributed by atoms with E-state index in [1.54, 1.807) is 0 Å². The first-order valence-corrected chi connectivity index (χ1v) is 10.8. The normalized spacial score (nSPS) is 12.6. The Balaban J connectivity index is 1.67. The maximum absolute atomic E-state index is 12.3. The number of halogens is 1. The highest BCUT2D eigenvalue weighted by Gasteiger charge is 2.15. The van der Waals surface area contributed by atoms with E-state index in [0.29, 0.717) is 9.82 Å². The minimum absolute atomic E-state index is 0.0844. The molecule has 8 heteroatoms. The fourth-order valence-corrected chi connectivity index (χ4v) is 5.00. The van der Waals surface area contributed by atoms with Gasteiger partial charge in [-0.2, -0.15) is 4.99 Å². The van der Waals surface area contributed by atoms with Gasteiger partial charge in [-0.1, -0.05) is 35.1 Å². The van der Waals surface area contributed by atoms with Crippen molar-refractivity contribution in [2.75, 3.05) is 5.75 Å². The lowest BCUT2D eigenvalue weighted by Crippen LogP contribution is -2.14. The molecule has 3 aromatic rings. The fraction of sp³-hybridized carbons (Fsp3) is 0.222. The van der Waals surface area contributed by atoms with Gasteiger partial charge in [0.2, 0.25) is 5.91 Å². The predicted octanol–water partition coefficient (Wildman–Crippen LogP) is 3.57. The number of hydrogen-bond donors (Lipinski definition) is 0. The molecule has 0 aliphatic heterocycles. The SMILES string of the molecule is Cn1c(=NC(=O)CCCS(=O)(=O)c2ccc(Cl)cc2)sc2ccccc21. The summed E-state index contributed by atoms with van der Waals surface area (Å²) in [6.07, 6.45) is 0.308. The van der Waals surface area contributed by atoms with E-state index in [1.807, 2.05) is 35.9 Å². The van der Waals surface area contributed by atoms with Gasteiger partial charge < -0.3 is 4.57 Å². The Hall–Kier alpha value is -1.96. The maximum atomic E-state index is 12.3. The molecule has 26 heavy (non-hydrogen) atoms. The van der Waals surface area contributed by atoms with Crippen LogP contribution < -0.4 is 4.80 Å². The molecule has 1 amide bonds. The highest BCUT2D eigenvalue weighted by atomic mass is 35.5. The third-order valence-corrected chi connectivity index (χ3v) is 7.09. The van der Waals surface area contributed by atoms with Gasteiger partial charge in [0.25, 0.3) is 0 Å². The highest BCUT2D eigenvalue weighted by molar-refractivity contribution is 7.91. The van der Waals surface area contributed by atoms with Crippen LogP contribution in [0, 0.1) is 0 Å². The van der Waals surface area contributed by atoms with Crippen molar-refractivity contribution in [1.82, 2.24) is 4.57 Å². The summed E-state index contributed by atoms with van der Waals surface area (Å²) >= 11 is 7.21. The summed E-state index contributed by atoms with van der Waals surface area (Å²) in [5.74, 6) is -0.424. The topological polar surface area (TPSA) is 68.5 Å². The van der Waals surface area contributed by atoms with Gasteiger partial charge in [0.15, 0.2) is 14.6 Å². The highest BCUT2D eigenvalue weighted by Crippen LogP contribution is 2.17. The van der Waals surface area contributed by atoms with Crippen molar-refractivity contribution >= 4 is 48.9 Å². The molecule has 2 aromatic carbocycles. The fourth-order valence-electron chi connectivity index (χ4n) is 2.52. The van der Waals surface area contributed by atoms with E-state index in [4.69, 9.17) is 11.6 Å². The Morgan fingerprint density at radius 1 is 1.15 bits per heavy atom. The molecule has 3 rings (SSSR count). The van der Waals surface area contributed by atoms with Crippen LogP contribution in [-0.2, 0) is 21.7 Å². The monoisotopic (exact) mass is 408 g/mol. The van der Waals surface area contributed by atoms with E-state index >= 15 is 0 Å². The van der Waals surface area contributed by atoms with Crippen LogP contribution in [0.15, 0.2) is 58.4 Å². The Morgan fingerprint density at radius 2 is 1.85 bits per heavy atom. The number of nitrogens with zero attached hydrogens (tertiary/aromatic N) is 2. The largest absolute Gasteiger partial charge is 0.319 e. The minimum atomic E-state index is -3.43. The van der Waals surface area contributed by atoms with Gasteiger partial charge in [-0.15, -0.1) is 0 Å². The molecule has 0 N–H and O–H groups in total. The second-order valence-corrected chi connectivity index (χ2v) is 9.35. The van der Waals surface area contributed by atoms with Crippen LogP contribution in [0.4, 0.5) is 0 Å². The molecule has 5 nitrogen and oxygen atoms in total. The maximum Gasteiger partial charge on any atom is 0.248 e. The van der Waals surface area contributed by atoms with Gasteiger partial charge in [0, 0.05) is 18.5 Å². The number of carbonyl (C=O) groups is 1. The molecule has 0 fully saturated rings. The number of fused-ring (bicyclic) bond motifs is 1. The summed E-state index contributed by atoms with van der Waals surface area (Å²) in [6.45, 7) is 0. The number of para-hydroxylation sites is 1. The van der Waals surface area contributed by atoms with Crippen LogP contribution in [0.1, 0.15) is 12.8 Å². The molecule has 0 radical (unpaired) electrons. The van der Waals surface area contributed by atoms with Gasteiger partial charge in [-0.05, 0) is 42.8 Å². The molecule has 0 unspecified atom stereocenters. The zero-order chi connectivity index (χ0) is 18.7. The molecule has 136 valence electrons. The number of hydrogen-bond acceptors (Lipinski definition) is 4. The standard InChI is InChI=1S/C18H17ClN2O3S2/c1-21-15-5-2-3-6-16(15)25-18(21)20-17(22)7-4-12-26(23,24)14-10-8-13(19)9-11-14/h2-3,5-6,8-11H,4,7,12H2,1H3. The summed E-state index contributed by atoms with van der Waals surface area (Å²) < 4.78 is 27.4. The Bertz CT molecular complexity index is 1110. The quantitative estimate of drug-likeness (QED) is 0.648. The summed E-state index contributed by atoms with van der Waals surface area (Å²) in [7, 11) is -1.57. The first-order chi connectivity index (χ1) is 12.4. The van der Waals surface area contributed by atoms with E-state index in [1.165, 1.54) is 35.6 Å². The van der Waals surface area contributed by atoms with Crippen molar-refractivity contribution in [2.24, 2.45) is 12.0 Å². The van der Waals surface area contributed by atoms with Crippen LogP contribution in [-0.4, -0.2) is 24.6 Å². The van der Waals surface area contributed by atoms with Gasteiger partial charge in [0.1, 0.15) is 0 Å². The van der Waals surface area contributed by atoms with Crippen LogP contribution in [0.2, 0.25) is 5.02 Å². The van der Waals surface area contributed by atoms with Crippen molar-refractivity contribution in [3.8, 4) is 0 Å². The van der Waals surface area contributed by atoms with Gasteiger partial charge in [-0.25, -0.2) is 8.42 Å². The first-order valence-electron chi connectivity index (χ1n) is 7.97. The van der Waals surface area contributed by atoms with Gasteiger partial charge in [0.05, 0.1) is 20.9 Å². The first kappa shape index (κ1) is 18.8. The minimum Gasteiger partial charge on any atom is -0.319 e. The molecule has 0 bridgehead atoms. The Morgan fingerprint density at radius 3 is 2.54 bits per heavy atom. The summed E-state index contributed by atoms with van der Waals surface area (Å²) in [5, 5.41) is 0.481. The molecule has 1 aromatic heterocycles. The second-order valence-electron chi connectivity index (χ2n) is 5.79. The molecular formula is C18H17ClN2O3S2. The number of amides is 1. The van der Waals surface area contributed by atoms with E-state index in [0.717, 1.165) is 10.2 Å². The molecule has 0 saturated heterocycles. The smallest absolute Gasteiger partial charge is 0.248 e.